The van der Waals surface area contributed by atoms with Gasteiger partial charge in [0.1, 0.15) is 0 Å². The standard InChI is InChI=1S/C30H49N9O10/c1-4-49-14-7-24(42)37-19(15-25(43)35-10-8-33-22(40)5-12-38-27(45)17-20(31-2)29(38)47)16-26(44)36-11-9-34-23(41)6-13-39-28(46)18-21(32-3)30(39)48/h19-21,31-32H,4-18H2,1-3H3,(H,33,40)(H,34,41)(H,35,43)(H,36,44)(H,37,42). The second-order valence-corrected chi connectivity index (χ2v) is 11.4. The fraction of sp³-hybridized carbons (Fsp3) is 0.700. The summed E-state index contributed by atoms with van der Waals surface area (Å²) >= 11 is 0. The van der Waals surface area contributed by atoms with Gasteiger partial charge in [0.05, 0.1) is 31.5 Å². The molecule has 2 aliphatic heterocycles. The first-order valence-corrected chi connectivity index (χ1v) is 16.4. The minimum absolute atomic E-state index is 0.0279. The number of imide groups is 2. The van der Waals surface area contributed by atoms with Crippen LogP contribution in [0.5, 0.6) is 0 Å². The van der Waals surface area contributed by atoms with E-state index in [1.54, 1.807) is 21.0 Å². The molecule has 2 heterocycles. The quantitative estimate of drug-likeness (QED) is 0.0395. The average Bonchev–Trinajstić information content (AvgIpc) is 3.50. The number of nitrogens with zero attached hydrogens (tertiary/aromatic N) is 2. The van der Waals surface area contributed by atoms with Crippen LogP contribution in [-0.4, -0.2) is 148 Å². The third-order valence-electron chi connectivity index (χ3n) is 7.75. The Kier molecular flexibility index (Phi) is 17.8. The second-order valence-electron chi connectivity index (χ2n) is 11.4. The van der Waals surface area contributed by atoms with Gasteiger partial charge in [-0.05, 0) is 21.0 Å². The zero-order valence-electron chi connectivity index (χ0n) is 28.3. The van der Waals surface area contributed by atoms with Crippen LogP contribution in [0, 0.1) is 0 Å². The van der Waals surface area contributed by atoms with Crippen molar-refractivity contribution in [1.29, 1.82) is 0 Å². The summed E-state index contributed by atoms with van der Waals surface area (Å²) in [7, 11) is 3.16. The van der Waals surface area contributed by atoms with Crippen LogP contribution in [0.25, 0.3) is 0 Å². The largest absolute Gasteiger partial charge is 0.381 e. The molecule has 2 fully saturated rings. The summed E-state index contributed by atoms with van der Waals surface area (Å²) in [5.41, 5.74) is 0. The molecule has 0 radical (unpaired) electrons. The lowest BCUT2D eigenvalue weighted by Crippen LogP contribution is -2.44. The number of carbonyl (C=O) groups excluding carboxylic acids is 9. The van der Waals surface area contributed by atoms with E-state index in [0.717, 1.165) is 9.80 Å². The van der Waals surface area contributed by atoms with Gasteiger partial charge < -0.3 is 42.0 Å². The summed E-state index contributed by atoms with van der Waals surface area (Å²) in [6, 6.07) is -2.03. The van der Waals surface area contributed by atoms with Gasteiger partial charge in [0, 0.05) is 84.0 Å². The molecule has 0 aromatic heterocycles. The summed E-state index contributed by atoms with van der Waals surface area (Å²) in [4.78, 5) is 112. The molecule has 2 rings (SSSR count). The van der Waals surface area contributed by atoms with Crippen molar-refractivity contribution in [2.75, 3.05) is 66.6 Å². The summed E-state index contributed by atoms with van der Waals surface area (Å²) in [6.45, 7) is 2.53. The highest BCUT2D eigenvalue weighted by atomic mass is 16.5. The molecule has 2 atom stereocenters. The van der Waals surface area contributed by atoms with Crippen LogP contribution in [-0.2, 0) is 47.9 Å². The van der Waals surface area contributed by atoms with E-state index in [4.69, 9.17) is 4.74 Å². The van der Waals surface area contributed by atoms with Crippen molar-refractivity contribution in [2.24, 2.45) is 0 Å². The number of likely N-dealkylation sites (tertiary alicyclic amines) is 2. The molecule has 49 heavy (non-hydrogen) atoms. The van der Waals surface area contributed by atoms with E-state index in [2.05, 4.69) is 37.2 Å². The van der Waals surface area contributed by atoms with Gasteiger partial charge in [-0.15, -0.1) is 0 Å². The zero-order valence-corrected chi connectivity index (χ0v) is 28.3. The van der Waals surface area contributed by atoms with Gasteiger partial charge in [-0.25, -0.2) is 0 Å². The van der Waals surface area contributed by atoms with Crippen molar-refractivity contribution >= 4 is 53.2 Å². The molecular weight excluding hydrogens is 646 g/mol. The van der Waals surface area contributed by atoms with Gasteiger partial charge in [-0.3, -0.25) is 53.0 Å². The molecule has 0 aliphatic carbocycles. The Labute approximate surface area is 284 Å². The fourth-order valence-corrected chi connectivity index (χ4v) is 5.07. The molecule has 19 nitrogen and oxygen atoms in total. The van der Waals surface area contributed by atoms with E-state index in [1.165, 1.54) is 0 Å². The van der Waals surface area contributed by atoms with Crippen molar-refractivity contribution in [3.05, 3.63) is 0 Å². The molecule has 19 heteroatoms. The summed E-state index contributed by atoms with van der Waals surface area (Å²) in [5.74, 6) is -3.64. The Bertz CT molecular complexity index is 1150. The maximum atomic E-state index is 12.6. The van der Waals surface area contributed by atoms with Crippen molar-refractivity contribution in [2.45, 2.75) is 70.0 Å². The van der Waals surface area contributed by atoms with E-state index < -0.39 is 47.7 Å². The maximum absolute atomic E-state index is 12.6. The molecule has 2 unspecified atom stereocenters. The predicted octanol–water partition coefficient (Wildman–Crippen LogP) is -4.38. The minimum atomic E-state index is -0.854. The summed E-state index contributed by atoms with van der Waals surface area (Å²) in [5, 5.41) is 18.6. The van der Waals surface area contributed by atoms with Crippen molar-refractivity contribution in [1.82, 2.24) is 47.0 Å². The van der Waals surface area contributed by atoms with E-state index >= 15 is 0 Å². The van der Waals surface area contributed by atoms with Gasteiger partial charge in [0.25, 0.3) is 0 Å². The number of nitrogens with one attached hydrogen (secondary N) is 7. The minimum Gasteiger partial charge on any atom is -0.381 e. The molecule has 0 aromatic carbocycles. The number of hydrogen-bond acceptors (Lipinski definition) is 12. The highest BCUT2D eigenvalue weighted by molar-refractivity contribution is 6.06. The second kappa shape index (κ2) is 21.5. The lowest BCUT2D eigenvalue weighted by Gasteiger charge is -2.19. The lowest BCUT2D eigenvalue weighted by molar-refractivity contribution is -0.141. The zero-order chi connectivity index (χ0) is 36.3. The van der Waals surface area contributed by atoms with Gasteiger partial charge in [0.15, 0.2) is 0 Å². The van der Waals surface area contributed by atoms with Gasteiger partial charge >= 0.3 is 0 Å². The number of rotatable bonds is 23. The molecule has 0 bridgehead atoms. The lowest BCUT2D eigenvalue weighted by atomic mass is 10.1. The normalized spacial score (nSPS) is 18.0. The first kappa shape index (κ1) is 40.7. The molecular formula is C30H49N9O10. The third kappa shape index (κ3) is 14.3. The molecule has 9 amide bonds. The van der Waals surface area contributed by atoms with Crippen molar-refractivity contribution < 1.29 is 47.9 Å². The van der Waals surface area contributed by atoms with Crippen LogP contribution in [0.2, 0.25) is 0 Å². The Morgan fingerprint density at radius 2 is 1.06 bits per heavy atom. The molecule has 0 aromatic rings. The van der Waals surface area contributed by atoms with Crippen molar-refractivity contribution in [3.63, 3.8) is 0 Å². The maximum Gasteiger partial charge on any atom is 0.246 e. The van der Waals surface area contributed by atoms with E-state index in [0.29, 0.717) is 6.61 Å². The highest BCUT2D eigenvalue weighted by Gasteiger charge is 2.38. The molecule has 0 saturated carbocycles. The van der Waals surface area contributed by atoms with Crippen LogP contribution in [0.15, 0.2) is 0 Å². The SMILES string of the molecule is CCOCCC(=O)NC(CC(=O)NCCNC(=O)CCN1C(=O)CC(NC)C1=O)CC(=O)NCCNC(=O)CCN1C(=O)CC(NC)C1=O. The monoisotopic (exact) mass is 695 g/mol. The topological polar surface area (TPSA) is 254 Å². The van der Waals surface area contributed by atoms with E-state index in [9.17, 15) is 43.2 Å². The van der Waals surface area contributed by atoms with E-state index in [-0.39, 0.29) is 114 Å². The number of ether oxygens (including phenoxy) is 1. The predicted molar refractivity (Wildman–Crippen MR) is 172 cm³/mol. The Morgan fingerprint density at radius 1 is 0.653 bits per heavy atom. The van der Waals surface area contributed by atoms with Gasteiger partial charge in [-0.2, -0.15) is 0 Å². The molecule has 274 valence electrons. The number of hydrogen-bond donors (Lipinski definition) is 7. The van der Waals surface area contributed by atoms with Crippen LogP contribution in [0.4, 0.5) is 0 Å². The third-order valence-corrected chi connectivity index (χ3v) is 7.75. The fourth-order valence-electron chi connectivity index (χ4n) is 5.07. The van der Waals surface area contributed by atoms with Crippen molar-refractivity contribution in [3.8, 4) is 0 Å². The highest BCUT2D eigenvalue weighted by Crippen LogP contribution is 2.14. The molecule has 2 aliphatic rings. The summed E-state index contributed by atoms with van der Waals surface area (Å²) in [6.07, 6.45) is -0.518. The smallest absolute Gasteiger partial charge is 0.246 e. The molecule has 2 saturated heterocycles. The Hall–Kier alpha value is -4.49. The number of likely N-dealkylation sites (N-methyl/N-ethyl adjacent to an activating group) is 2. The average molecular weight is 696 g/mol. The molecule has 7 N–H and O–H groups in total. The van der Waals surface area contributed by atoms with Crippen LogP contribution < -0.4 is 37.2 Å². The Morgan fingerprint density at radius 3 is 1.43 bits per heavy atom. The summed E-state index contributed by atoms with van der Waals surface area (Å²) < 4.78 is 5.18. The first-order chi connectivity index (χ1) is 23.4. The first-order valence-electron chi connectivity index (χ1n) is 16.4. The van der Waals surface area contributed by atoms with Crippen LogP contribution in [0.3, 0.4) is 0 Å². The number of carbonyl (C=O) groups is 9. The molecule has 0 spiro atoms. The van der Waals surface area contributed by atoms with Gasteiger partial charge in [0.2, 0.25) is 53.2 Å². The van der Waals surface area contributed by atoms with E-state index in [1.807, 2.05) is 0 Å². The number of amides is 9. The van der Waals surface area contributed by atoms with Crippen LogP contribution in [0.1, 0.15) is 51.9 Å². The Balaban J connectivity index is 1.71. The van der Waals surface area contributed by atoms with Crippen LogP contribution >= 0.6 is 0 Å². The van der Waals surface area contributed by atoms with Gasteiger partial charge in [-0.1, -0.05) is 0 Å².